The summed E-state index contributed by atoms with van der Waals surface area (Å²) in [6.45, 7) is 2.07. The third-order valence-electron chi connectivity index (χ3n) is 3.30. The van der Waals surface area contributed by atoms with Crippen molar-refractivity contribution in [2.24, 2.45) is 0 Å². The van der Waals surface area contributed by atoms with E-state index in [1.54, 1.807) is 12.1 Å². The average Bonchev–Trinajstić information content (AvgIpc) is 2.97. The van der Waals surface area contributed by atoms with Crippen molar-refractivity contribution in [2.45, 2.75) is 13.5 Å². The predicted molar refractivity (Wildman–Crippen MR) is 83.8 cm³/mol. The van der Waals surface area contributed by atoms with Crippen LogP contribution in [0, 0.1) is 6.92 Å². The number of hydrogen-bond acceptors (Lipinski definition) is 4. The Labute approximate surface area is 132 Å². The number of tetrazole rings is 1. The van der Waals surface area contributed by atoms with E-state index in [1.165, 1.54) is 4.68 Å². The van der Waals surface area contributed by atoms with Crippen LogP contribution in [-0.2, 0) is 6.54 Å². The number of carbonyl (C=O) groups is 1. The van der Waals surface area contributed by atoms with Crippen LogP contribution in [0.15, 0.2) is 48.5 Å². The molecule has 110 valence electrons. The van der Waals surface area contributed by atoms with Crippen molar-refractivity contribution in [1.82, 2.24) is 20.2 Å². The Kier molecular flexibility index (Phi) is 3.98. The first kappa shape index (κ1) is 14.4. The van der Waals surface area contributed by atoms with Gasteiger partial charge >= 0.3 is 0 Å². The zero-order chi connectivity index (χ0) is 15.5. The topological polar surface area (TPSA) is 60.7 Å². The molecule has 3 aromatic rings. The molecule has 0 amide bonds. The summed E-state index contributed by atoms with van der Waals surface area (Å²) in [7, 11) is 0. The highest BCUT2D eigenvalue weighted by Gasteiger charge is 2.13. The van der Waals surface area contributed by atoms with Crippen molar-refractivity contribution in [2.75, 3.05) is 0 Å². The average molecular weight is 313 g/mol. The van der Waals surface area contributed by atoms with Gasteiger partial charge in [-0.15, -0.1) is 5.10 Å². The van der Waals surface area contributed by atoms with Gasteiger partial charge in [-0.1, -0.05) is 41.4 Å². The van der Waals surface area contributed by atoms with Gasteiger partial charge < -0.3 is 0 Å². The van der Waals surface area contributed by atoms with Crippen molar-refractivity contribution >= 4 is 17.4 Å². The molecule has 2 aromatic carbocycles. The zero-order valence-electron chi connectivity index (χ0n) is 11.9. The summed E-state index contributed by atoms with van der Waals surface area (Å²) in [6, 6.07) is 14.6. The third kappa shape index (κ3) is 3.04. The normalized spacial score (nSPS) is 10.6. The molecule has 22 heavy (non-hydrogen) atoms. The third-order valence-corrected chi connectivity index (χ3v) is 3.55. The lowest BCUT2D eigenvalue weighted by atomic mass is 10.1. The molecule has 6 heteroatoms. The molecule has 0 radical (unpaired) electrons. The van der Waals surface area contributed by atoms with Crippen molar-refractivity contribution in [3.8, 4) is 11.4 Å². The van der Waals surface area contributed by atoms with Gasteiger partial charge in [0.25, 0.3) is 0 Å². The first-order valence-corrected chi connectivity index (χ1v) is 7.13. The van der Waals surface area contributed by atoms with Crippen molar-refractivity contribution in [3.05, 3.63) is 64.7 Å². The number of carbonyl (C=O) groups excluding carboxylic acids is 1. The summed E-state index contributed by atoms with van der Waals surface area (Å²) in [5, 5.41) is 12.2. The van der Waals surface area contributed by atoms with E-state index in [0.717, 1.165) is 11.1 Å². The lowest BCUT2D eigenvalue weighted by Gasteiger charge is -2.05. The van der Waals surface area contributed by atoms with Gasteiger partial charge in [0.05, 0.1) is 0 Å². The molecule has 0 aliphatic rings. The van der Waals surface area contributed by atoms with Gasteiger partial charge in [-0.3, -0.25) is 4.79 Å². The molecule has 0 unspecified atom stereocenters. The second kappa shape index (κ2) is 6.07. The Hall–Kier alpha value is -2.53. The lowest BCUT2D eigenvalue weighted by molar-refractivity contribution is 0.0967. The number of Topliss-reactive ketones (excluding diaryl/α,β-unsaturated/α-hetero) is 1. The maximum absolute atomic E-state index is 12.3. The molecule has 0 aliphatic heterocycles. The number of halogens is 1. The SMILES string of the molecule is Cc1ccc(C(=O)Cn2nnnc2-c2ccc(Cl)cc2)cc1. The monoisotopic (exact) mass is 312 g/mol. The Morgan fingerprint density at radius 2 is 1.77 bits per heavy atom. The van der Waals surface area contributed by atoms with Gasteiger partial charge in [0.2, 0.25) is 0 Å². The zero-order valence-corrected chi connectivity index (χ0v) is 12.7. The lowest BCUT2D eigenvalue weighted by Crippen LogP contribution is -2.13. The maximum atomic E-state index is 12.3. The number of aryl methyl sites for hydroxylation is 1. The number of benzene rings is 2. The number of nitrogens with zero attached hydrogens (tertiary/aromatic N) is 4. The molecule has 3 rings (SSSR count). The van der Waals surface area contributed by atoms with Gasteiger partial charge in [0, 0.05) is 16.1 Å². The van der Waals surface area contributed by atoms with E-state index >= 15 is 0 Å². The molecular weight excluding hydrogens is 300 g/mol. The van der Waals surface area contributed by atoms with Crippen LogP contribution >= 0.6 is 11.6 Å². The number of rotatable bonds is 4. The molecule has 0 bridgehead atoms. The highest BCUT2D eigenvalue weighted by atomic mass is 35.5. The van der Waals surface area contributed by atoms with Crippen molar-refractivity contribution < 1.29 is 4.79 Å². The minimum atomic E-state index is -0.0393. The van der Waals surface area contributed by atoms with Crippen LogP contribution in [0.2, 0.25) is 5.02 Å². The van der Waals surface area contributed by atoms with Gasteiger partial charge in [-0.2, -0.15) is 0 Å². The molecule has 0 fully saturated rings. The summed E-state index contributed by atoms with van der Waals surface area (Å²) >= 11 is 5.88. The summed E-state index contributed by atoms with van der Waals surface area (Å²) in [6.07, 6.45) is 0. The fraction of sp³-hybridized carbons (Fsp3) is 0.125. The molecule has 0 spiro atoms. The molecule has 5 nitrogen and oxygen atoms in total. The van der Waals surface area contributed by atoms with Gasteiger partial charge in [0.1, 0.15) is 6.54 Å². The first-order chi connectivity index (χ1) is 10.6. The molecule has 0 saturated carbocycles. The quantitative estimate of drug-likeness (QED) is 0.694. The van der Waals surface area contributed by atoms with E-state index in [-0.39, 0.29) is 12.3 Å². The summed E-state index contributed by atoms with van der Waals surface area (Å²) < 4.78 is 1.49. The molecule has 1 heterocycles. The molecule has 0 N–H and O–H groups in total. The molecule has 0 atom stereocenters. The predicted octanol–water partition coefficient (Wildman–Crippen LogP) is 3.18. The van der Waals surface area contributed by atoms with Crippen LogP contribution in [0.1, 0.15) is 15.9 Å². The van der Waals surface area contributed by atoms with Crippen LogP contribution in [0.3, 0.4) is 0 Å². The smallest absolute Gasteiger partial charge is 0.184 e. The van der Waals surface area contributed by atoms with Crippen LogP contribution in [0.25, 0.3) is 11.4 Å². The molecule has 0 saturated heterocycles. The van der Waals surface area contributed by atoms with E-state index < -0.39 is 0 Å². The maximum Gasteiger partial charge on any atom is 0.184 e. The summed E-state index contributed by atoms with van der Waals surface area (Å²) in [5.74, 6) is 0.500. The largest absolute Gasteiger partial charge is 0.292 e. The highest BCUT2D eigenvalue weighted by molar-refractivity contribution is 6.30. The standard InChI is InChI=1S/C16H13ClN4O/c1-11-2-4-12(5-3-11)15(22)10-21-16(18-19-20-21)13-6-8-14(17)9-7-13/h2-9H,10H2,1H3. The Bertz CT molecular complexity index is 794. The Balaban J connectivity index is 1.84. The minimum absolute atomic E-state index is 0.0393. The van der Waals surface area contributed by atoms with Crippen molar-refractivity contribution in [1.29, 1.82) is 0 Å². The summed E-state index contributed by atoms with van der Waals surface area (Å²) in [5.41, 5.74) is 2.56. The van der Waals surface area contributed by atoms with Crippen molar-refractivity contribution in [3.63, 3.8) is 0 Å². The van der Waals surface area contributed by atoms with Crippen LogP contribution < -0.4 is 0 Å². The van der Waals surface area contributed by atoms with Crippen LogP contribution in [0.5, 0.6) is 0 Å². The second-order valence-electron chi connectivity index (χ2n) is 4.96. The van der Waals surface area contributed by atoms with E-state index in [2.05, 4.69) is 15.5 Å². The minimum Gasteiger partial charge on any atom is -0.292 e. The molecule has 1 aromatic heterocycles. The van der Waals surface area contributed by atoms with Crippen LogP contribution in [-0.4, -0.2) is 26.0 Å². The van der Waals surface area contributed by atoms with E-state index in [9.17, 15) is 4.79 Å². The highest BCUT2D eigenvalue weighted by Crippen LogP contribution is 2.19. The van der Waals surface area contributed by atoms with E-state index in [0.29, 0.717) is 16.4 Å². The number of aromatic nitrogens is 4. The first-order valence-electron chi connectivity index (χ1n) is 6.75. The van der Waals surface area contributed by atoms with E-state index in [4.69, 9.17) is 11.6 Å². The Morgan fingerprint density at radius 1 is 1.09 bits per heavy atom. The van der Waals surface area contributed by atoms with E-state index in [1.807, 2.05) is 43.3 Å². The fourth-order valence-corrected chi connectivity index (χ4v) is 2.21. The number of hydrogen-bond donors (Lipinski definition) is 0. The Morgan fingerprint density at radius 3 is 2.45 bits per heavy atom. The number of ketones is 1. The summed E-state index contributed by atoms with van der Waals surface area (Å²) in [4.78, 5) is 12.3. The fourth-order valence-electron chi connectivity index (χ4n) is 2.08. The molecule has 0 aliphatic carbocycles. The van der Waals surface area contributed by atoms with Crippen LogP contribution in [0.4, 0.5) is 0 Å². The van der Waals surface area contributed by atoms with Gasteiger partial charge in [0.15, 0.2) is 11.6 Å². The molecular formula is C16H13ClN4O. The van der Waals surface area contributed by atoms with Gasteiger partial charge in [-0.05, 0) is 41.6 Å². The second-order valence-corrected chi connectivity index (χ2v) is 5.39. The van der Waals surface area contributed by atoms with Gasteiger partial charge in [-0.25, -0.2) is 4.68 Å².